The van der Waals surface area contributed by atoms with Crippen molar-refractivity contribution in [3.05, 3.63) is 51.6 Å². The molecule has 0 saturated carbocycles. The van der Waals surface area contributed by atoms with Crippen LogP contribution < -0.4 is 5.56 Å². The molecule has 0 N–H and O–H groups in total. The molecule has 0 spiro atoms. The van der Waals surface area contributed by atoms with Crippen molar-refractivity contribution in [2.24, 2.45) is 0 Å². The molecular formula is C9H6BrN3O. The van der Waals surface area contributed by atoms with Crippen molar-refractivity contribution in [1.82, 2.24) is 14.8 Å². The largest absolute Gasteiger partial charge is 0.285 e. The summed E-state index contributed by atoms with van der Waals surface area (Å²) in [7, 11) is 0. The van der Waals surface area contributed by atoms with Crippen molar-refractivity contribution in [3.63, 3.8) is 0 Å². The zero-order valence-corrected chi connectivity index (χ0v) is 8.68. The van der Waals surface area contributed by atoms with Gasteiger partial charge in [-0.25, -0.2) is 0 Å². The second-order valence-electron chi connectivity index (χ2n) is 2.60. The molecule has 5 heteroatoms. The number of pyridine rings is 1. The summed E-state index contributed by atoms with van der Waals surface area (Å²) in [5.41, 5.74) is 0.519. The van der Waals surface area contributed by atoms with Gasteiger partial charge in [0.2, 0.25) is 0 Å². The van der Waals surface area contributed by atoms with E-state index < -0.39 is 0 Å². The van der Waals surface area contributed by atoms with Crippen LogP contribution in [0.25, 0.3) is 5.69 Å². The molecule has 0 aliphatic rings. The van der Waals surface area contributed by atoms with Gasteiger partial charge < -0.3 is 0 Å². The molecule has 4 nitrogen and oxygen atoms in total. The van der Waals surface area contributed by atoms with Gasteiger partial charge in [-0.2, -0.15) is 9.78 Å². The highest BCUT2D eigenvalue weighted by molar-refractivity contribution is 9.10. The van der Waals surface area contributed by atoms with Crippen molar-refractivity contribution in [3.8, 4) is 5.69 Å². The first kappa shape index (κ1) is 9.08. The van der Waals surface area contributed by atoms with Gasteiger partial charge in [0.1, 0.15) is 0 Å². The van der Waals surface area contributed by atoms with E-state index in [1.807, 2.05) is 0 Å². The fourth-order valence-corrected chi connectivity index (χ4v) is 1.35. The van der Waals surface area contributed by atoms with Gasteiger partial charge in [-0.1, -0.05) is 0 Å². The molecule has 0 aliphatic heterocycles. The van der Waals surface area contributed by atoms with Gasteiger partial charge in [-0.15, -0.1) is 0 Å². The molecule has 2 aromatic heterocycles. The second-order valence-corrected chi connectivity index (χ2v) is 3.46. The Morgan fingerprint density at radius 2 is 1.86 bits per heavy atom. The highest BCUT2D eigenvalue weighted by Gasteiger charge is 2.02. The highest BCUT2D eigenvalue weighted by Crippen LogP contribution is 2.04. The minimum atomic E-state index is -0.182. The van der Waals surface area contributed by atoms with Crippen LogP contribution in [0.2, 0.25) is 0 Å². The Morgan fingerprint density at radius 3 is 2.57 bits per heavy atom. The normalized spacial score (nSPS) is 10.1. The monoisotopic (exact) mass is 251 g/mol. The van der Waals surface area contributed by atoms with Crippen molar-refractivity contribution >= 4 is 15.9 Å². The third-order valence-corrected chi connectivity index (χ3v) is 2.31. The Hall–Kier alpha value is -1.49. The van der Waals surface area contributed by atoms with Crippen LogP contribution in [0.3, 0.4) is 0 Å². The van der Waals surface area contributed by atoms with Crippen LogP contribution in [0.5, 0.6) is 0 Å². The van der Waals surface area contributed by atoms with Crippen LogP contribution in [-0.4, -0.2) is 14.8 Å². The van der Waals surface area contributed by atoms with Crippen LogP contribution in [0.15, 0.2) is 46.1 Å². The Morgan fingerprint density at radius 1 is 1.14 bits per heavy atom. The van der Waals surface area contributed by atoms with Gasteiger partial charge in [-0.05, 0) is 34.1 Å². The summed E-state index contributed by atoms with van der Waals surface area (Å²) in [4.78, 5) is 15.5. The van der Waals surface area contributed by atoms with Gasteiger partial charge in [-0.3, -0.25) is 9.78 Å². The van der Waals surface area contributed by atoms with Crippen molar-refractivity contribution in [2.75, 3.05) is 0 Å². The van der Waals surface area contributed by atoms with Gasteiger partial charge in [0.05, 0.1) is 10.2 Å². The van der Waals surface area contributed by atoms with Crippen LogP contribution in [0, 0.1) is 0 Å². The van der Waals surface area contributed by atoms with Crippen LogP contribution >= 0.6 is 15.9 Å². The lowest BCUT2D eigenvalue weighted by Crippen LogP contribution is -2.20. The van der Waals surface area contributed by atoms with Crippen molar-refractivity contribution in [2.45, 2.75) is 0 Å². The minimum absolute atomic E-state index is 0.182. The fraction of sp³-hybridized carbons (Fsp3) is 0. The average Bonchev–Trinajstić information content (AvgIpc) is 2.23. The Bertz CT molecular complexity index is 495. The first-order valence-corrected chi connectivity index (χ1v) is 4.72. The first-order valence-electron chi connectivity index (χ1n) is 3.93. The standard InChI is InChI=1S/C9H6BrN3O/c10-8-3-6-12-13(9(8)14)7-1-4-11-5-2-7/h1-6H. The molecule has 0 aliphatic carbocycles. The van der Waals surface area contributed by atoms with E-state index in [2.05, 4.69) is 26.0 Å². The molecular weight excluding hydrogens is 246 g/mol. The molecule has 0 radical (unpaired) electrons. The maximum atomic E-state index is 11.6. The highest BCUT2D eigenvalue weighted by atomic mass is 79.9. The van der Waals surface area contributed by atoms with Crippen LogP contribution in [0.4, 0.5) is 0 Å². The predicted molar refractivity (Wildman–Crippen MR) is 55.3 cm³/mol. The maximum absolute atomic E-state index is 11.6. The molecule has 0 saturated heterocycles. The van der Waals surface area contributed by atoms with E-state index in [0.717, 1.165) is 0 Å². The number of rotatable bonds is 1. The Kier molecular flexibility index (Phi) is 2.41. The van der Waals surface area contributed by atoms with E-state index >= 15 is 0 Å². The molecule has 0 unspecified atom stereocenters. The predicted octanol–water partition coefficient (Wildman–Crippen LogP) is 1.39. The first-order chi connectivity index (χ1) is 6.79. The van der Waals surface area contributed by atoms with E-state index in [-0.39, 0.29) is 5.56 Å². The molecule has 0 atom stereocenters. The lowest BCUT2D eigenvalue weighted by atomic mass is 10.4. The number of aromatic nitrogens is 3. The molecule has 2 rings (SSSR count). The van der Waals surface area contributed by atoms with Crippen LogP contribution in [0.1, 0.15) is 0 Å². The van der Waals surface area contributed by atoms with Gasteiger partial charge >= 0.3 is 0 Å². The number of halogens is 1. The average molecular weight is 252 g/mol. The SMILES string of the molecule is O=c1c(Br)ccnn1-c1ccncc1. The summed E-state index contributed by atoms with van der Waals surface area (Å²) in [6, 6.07) is 5.06. The molecule has 0 bridgehead atoms. The third kappa shape index (κ3) is 1.58. The molecule has 14 heavy (non-hydrogen) atoms. The van der Waals surface area contributed by atoms with E-state index in [4.69, 9.17) is 0 Å². The molecule has 2 heterocycles. The number of hydrogen-bond acceptors (Lipinski definition) is 3. The molecule has 2 aromatic rings. The topological polar surface area (TPSA) is 47.8 Å². The van der Waals surface area contributed by atoms with E-state index in [9.17, 15) is 4.79 Å². The number of nitrogens with zero attached hydrogens (tertiary/aromatic N) is 3. The van der Waals surface area contributed by atoms with E-state index in [1.54, 1.807) is 36.8 Å². The molecule has 70 valence electrons. The van der Waals surface area contributed by atoms with Crippen molar-refractivity contribution in [1.29, 1.82) is 0 Å². The fourth-order valence-electron chi connectivity index (χ4n) is 1.06. The van der Waals surface area contributed by atoms with Gasteiger partial charge in [0.25, 0.3) is 5.56 Å². The quantitative estimate of drug-likeness (QED) is 0.770. The zero-order chi connectivity index (χ0) is 9.97. The number of hydrogen-bond donors (Lipinski definition) is 0. The zero-order valence-electron chi connectivity index (χ0n) is 7.09. The summed E-state index contributed by atoms with van der Waals surface area (Å²) in [6.45, 7) is 0. The second kappa shape index (κ2) is 3.71. The summed E-state index contributed by atoms with van der Waals surface area (Å²) < 4.78 is 1.80. The third-order valence-electron chi connectivity index (χ3n) is 1.71. The van der Waals surface area contributed by atoms with E-state index in [0.29, 0.717) is 10.2 Å². The lowest BCUT2D eigenvalue weighted by molar-refractivity contribution is 0.799. The summed E-state index contributed by atoms with van der Waals surface area (Å²) in [6.07, 6.45) is 4.79. The molecule has 0 fully saturated rings. The maximum Gasteiger partial charge on any atom is 0.285 e. The smallest absolute Gasteiger partial charge is 0.266 e. The summed E-state index contributed by atoms with van der Waals surface area (Å²) >= 11 is 3.15. The van der Waals surface area contributed by atoms with E-state index in [1.165, 1.54) is 4.68 Å². The lowest BCUT2D eigenvalue weighted by Gasteiger charge is -2.02. The summed E-state index contributed by atoms with van der Waals surface area (Å²) in [5.74, 6) is 0. The molecule has 0 amide bonds. The van der Waals surface area contributed by atoms with Crippen LogP contribution in [-0.2, 0) is 0 Å². The minimum Gasteiger partial charge on any atom is -0.266 e. The summed E-state index contributed by atoms with van der Waals surface area (Å²) in [5, 5.41) is 3.96. The Balaban J connectivity index is 2.64. The Labute approximate surface area is 88.4 Å². The van der Waals surface area contributed by atoms with Crippen molar-refractivity contribution < 1.29 is 0 Å². The van der Waals surface area contributed by atoms with Gasteiger partial charge in [0.15, 0.2) is 0 Å². The molecule has 0 aromatic carbocycles. The van der Waals surface area contributed by atoms with Gasteiger partial charge in [0, 0.05) is 18.6 Å².